The lowest BCUT2D eigenvalue weighted by Gasteiger charge is -2.37. The van der Waals surface area contributed by atoms with E-state index in [1.807, 2.05) is 24.3 Å². The summed E-state index contributed by atoms with van der Waals surface area (Å²) in [5, 5.41) is 3.07. The molecule has 7 heteroatoms. The van der Waals surface area contributed by atoms with Crippen LogP contribution in [0.1, 0.15) is 18.4 Å². The quantitative estimate of drug-likeness (QED) is 0.877. The Morgan fingerprint density at radius 2 is 1.96 bits per heavy atom. The summed E-state index contributed by atoms with van der Waals surface area (Å²) >= 11 is 5.91. The molecule has 0 atom stereocenters. The first kappa shape index (κ1) is 17.8. The van der Waals surface area contributed by atoms with E-state index in [4.69, 9.17) is 16.3 Å². The molecule has 0 bridgehead atoms. The first-order valence-electron chi connectivity index (χ1n) is 8.76. The molecule has 1 spiro atoms. The highest BCUT2D eigenvalue weighted by Crippen LogP contribution is 2.44. The summed E-state index contributed by atoms with van der Waals surface area (Å²) in [7, 11) is 0. The summed E-state index contributed by atoms with van der Waals surface area (Å²) in [4.78, 5) is 26.7. The third-order valence-electron chi connectivity index (χ3n) is 5.34. The number of fused-ring (bicyclic) bond motifs is 2. The van der Waals surface area contributed by atoms with Crippen molar-refractivity contribution in [2.75, 3.05) is 25.0 Å². The maximum absolute atomic E-state index is 13.1. The SMILES string of the molecule is O=C(COc1ccc(F)cc1Cl)N1CCC2(CC1)C(=O)Nc1ccccc12. The van der Waals surface area contributed by atoms with Gasteiger partial charge in [0.05, 0.1) is 10.4 Å². The normalized spacial score (nSPS) is 17.6. The Morgan fingerprint density at radius 1 is 1.22 bits per heavy atom. The van der Waals surface area contributed by atoms with Crippen molar-refractivity contribution in [3.8, 4) is 5.75 Å². The van der Waals surface area contributed by atoms with Crippen LogP contribution in [0.15, 0.2) is 42.5 Å². The van der Waals surface area contributed by atoms with Crippen LogP contribution in [0.2, 0.25) is 5.02 Å². The molecule has 1 N–H and O–H groups in total. The number of nitrogens with one attached hydrogen (secondary N) is 1. The van der Waals surface area contributed by atoms with E-state index < -0.39 is 11.2 Å². The van der Waals surface area contributed by atoms with Crippen molar-refractivity contribution in [2.45, 2.75) is 18.3 Å². The van der Waals surface area contributed by atoms with Crippen molar-refractivity contribution < 1.29 is 18.7 Å². The van der Waals surface area contributed by atoms with Gasteiger partial charge in [-0.25, -0.2) is 4.39 Å². The number of piperidine rings is 1. The van der Waals surface area contributed by atoms with Crippen LogP contribution in [-0.4, -0.2) is 36.4 Å². The third-order valence-corrected chi connectivity index (χ3v) is 5.64. The lowest BCUT2D eigenvalue weighted by atomic mass is 9.73. The Morgan fingerprint density at radius 3 is 2.70 bits per heavy atom. The third kappa shape index (κ3) is 3.14. The van der Waals surface area contributed by atoms with Crippen LogP contribution in [0.3, 0.4) is 0 Å². The standard InChI is InChI=1S/C20H18ClFN2O3/c21-15-11-13(22)5-6-17(15)27-12-18(25)24-9-7-20(8-10-24)14-3-1-2-4-16(14)23-19(20)26/h1-6,11H,7-10,12H2,(H,23,26). The number of halogens is 2. The van der Waals surface area contributed by atoms with Crippen molar-refractivity contribution >= 4 is 29.1 Å². The molecule has 0 aliphatic carbocycles. The predicted molar refractivity (Wildman–Crippen MR) is 99.5 cm³/mol. The second-order valence-corrected chi connectivity index (χ2v) is 7.23. The Hall–Kier alpha value is -2.60. The smallest absolute Gasteiger partial charge is 0.260 e. The Labute approximate surface area is 161 Å². The van der Waals surface area contributed by atoms with Gasteiger partial charge in [0, 0.05) is 18.8 Å². The lowest BCUT2D eigenvalue weighted by molar-refractivity contribution is -0.137. The molecular weight excluding hydrogens is 371 g/mol. The summed E-state index contributed by atoms with van der Waals surface area (Å²) in [6.07, 6.45) is 1.14. The molecule has 2 aliphatic rings. The number of para-hydroxylation sites is 1. The summed E-state index contributed by atoms with van der Waals surface area (Å²) in [6, 6.07) is 11.5. The van der Waals surface area contributed by atoms with Gasteiger partial charge in [0.15, 0.2) is 6.61 Å². The van der Waals surface area contributed by atoms with Crippen LogP contribution < -0.4 is 10.1 Å². The van der Waals surface area contributed by atoms with Gasteiger partial charge in [-0.2, -0.15) is 0 Å². The second kappa shape index (κ2) is 6.85. The highest BCUT2D eigenvalue weighted by atomic mass is 35.5. The van der Waals surface area contributed by atoms with E-state index >= 15 is 0 Å². The molecule has 0 saturated carbocycles. The average molecular weight is 389 g/mol. The van der Waals surface area contributed by atoms with E-state index in [2.05, 4.69) is 5.32 Å². The number of nitrogens with zero attached hydrogens (tertiary/aromatic N) is 1. The number of carbonyl (C=O) groups excluding carboxylic acids is 2. The second-order valence-electron chi connectivity index (χ2n) is 6.83. The molecule has 2 aromatic carbocycles. The van der Waals surface area contributed by atoms with Gasteiger partial charge in [-0.3, -0.25) is 9.59 Å². The lowest BCUT2D eigenvalue weighted by Crippen LogP contribution is -2.49. The molecule has 27 heavy (non-hydrogen) atoms. The predicted octanol–water partition coefficient (Wildman–Crippen LogP) is 3.37. The first-order valence-corrected chi connectivity index (χ1v) is 9.14. The fourth-order valence-corrected chi connectivity index (χ4v) is 4.05. The molecule has 1 fully saturated rings. The molecule has 0 radical (unpaired) electrons. The summed E-state index contributed by atoms with van der Waals surface area (Å²) in [5.74, 6) is -0.374. The van der Waals surface area contributed by atoms with E-state index in [9.17, 15) is 14.0 Å². The summed E-state index contributed by atoms with van der Waals surface area (Å²) in [5.41, 5.74) is 1.31. The number of anilines is 1. The maximum Gasteiger partial charge on any atom is 0.260 e. The van der Waals surface area contributed by atoms with Gasteiger partial charge in [0.25, 0.3) is 5.91 Å². The highest BCUT2D eigenvalue weighted by Gasteiger charge is 2.48. The van der Waals surface area contributed by atoms with Crippen LogP contribution in [-0.2, 0) is 15.0 Å². The number of hydrogen-bond donors (Lipinski definition) is 1. The summed E-state index contributed by atoms with van der Waals surface area (Å²) < 4.78 is 18.5. The Bertz CT molecular complexity index is 910. The van der Waals surface area contributed by atoms with Gasteiger partial charge in [-0.05, 0) is 42.7 Å². The van der Waals surface area contributed by atoms with Crippen LogP contribution in [0.25, 0.3) is 0 Å². The minimum atomic E-state index is -0.561. The molecule has 140 valence electrons. The number of amides is 2. The number of hydrogen-bond acceptors (Lipinski definition) is 3. The minimum Gasteiger partial charge on any atom is -0.482 e. The van der Waals surface area contributed by atoms with Gasteiger partial charge >= 0.3 is 0 Å². The Kier molecular flexibility index (Phi) is 4.52. The van der Waals surface area contributed by atoms with Crippen LogP contribution in [0.4, 0.5) is 10.1 Å². The highest BCUT2D eigenvalue weighted by molar-refractivity contribution is 6.32. The number of likely N-dealkylation sites (tertiary alicyclic amines) is 1. The zero-order valence-electron chi connectivity index (χ0n) is 14.5. The fourth-order valence-electron chi connectivity index (χ4n) is 3.83. The first-order chi connectivity index (χ1) is 13.0. The molecule has 2 heterocycles. The van der Waals surface area contributed by atoms with Crippen molar-refractivity contribution in [1.29, 1.82) is 0 Å². The van der Waals surface area contributed by atoms with Crippen molar-refractivity contribution in [1.82, 2.24) is 4.90 Å². The molecule has 4 rings (SSSR count). The van der Waals surface area contributed by atoms with Gasteiger partial charge in [0.1, 0.15) is 11.6 Å². The average Bonchev–Trinajstić information content (AvgIpc) is 2.93. The van der Waals surface area contributed by atoms with E-state index in [1.165, 1.54) is 12.1 Å². The van der Waals surface area contributed by atoms with Gasteiger partial charge in [0.2, 0.25) is 5.91 Å². The fraction of sp³-hybridized carbons (Fsp3) is 0.300. The number of benzene rings is 2. The molecule has 1 saturated heterocycles. The molecule has 2 aliphatic heterocycles. The maximum atomic E-state index is 13.1. The van der Waals surface area contributed by atoms with Crippen LogP contribution in [0, 0.1) is 5.82 Å². The monoisotopic (exact) mass is 388 g/mol. The molecule has 0 aromatic heterocycles. The molecule has 2 aromatic rings. The van der Waals surface area contributed by atoms with Crippen molar-refractivity contribution in [2.24, 2.45) is 0 Å². The molecule has 0 unspecified atom stereocenters. The summed E-state index contributed by atoms with van der Waals surface area (Å²) in [6.45, 7) is 0.767. The topological polar surface area (TPSA) is 58.6 Å². The van der Waals surface area contributed by atoms with E-state index in [0.29, 0.717) is 25.9 Å². The van der Waals surface area contributed by atoms with Crippen molar-refractivity contribution in [3.63, 3.8) is 0 Å². The van der Waals surface area contributed by atoms with E-state index in [-0.39, 0.29) is 29.2 Å². The van der Waals surface area contributed by atoms with Gasteiger partial charge < -0.3 is 15.0 Å². The number of carbonyl (C=O) groups is 2. The molecular formula is C20H18ClFN2O3. The van der Waals surface area contributed by atoms with Gasteiger partial charge in [-0.1, -0.05) is 29.8 Å². The minimum absolute atomic E-state index is 0.00476. The largest absolute Gasteiger partial charge is 0.482 e. The van der Waals surface area contributed by atoms with E-state index in [0.717, 1.165) is 17.3 Å². The number of ether oxygens (including phenoxy) is 1. The molecule has 5 nitrogen and oxygen atoms in total. The number of rotatable bonds is 3. The van der Waals surface area contributed by atoms with Gasteiger partial charge in [-0.15, -0.1) is 0 Å². The van der Waals surface area contributed by atoms with Crippen LogP contribution in [0.5, 0.6) is 5.75 Å². The zero-order valence-corrected chi connectivity index (χ0v) is 15.3. The van der Waals surface area contributed by atoms with Crippen LogP contribution >= 0.6 is 11.6 Å². The van der Waals surface area contributed by atoms with E-state index in [1.54, 1.807) is 4.90 Å². The Balaban J connectivity index is 1.39. The van der Waals surface area contributed by atoms with Crippen molar-refractivity contribution in [3.05, 3.63) is 58.9 Å². The zero-order chi connectivity index (χ0) is 19.0. The molecule has 2 amide bonds.